The van der Waals surface area contributed by atoms with E-state index in [1.165, 1.54) is 5.56 Å². The number of hydrogen-bond donors (Lipinski definition) is 4. The summed E-state index contributed by atoms with van der Waals surface area (Å²) in [4.78, 5) is 20.6. The summed E-state index contributed by atoms with van der Waals surface area (Å²) in [6.07, 6.45) is 0.777. The summed E-state index contributed by atoms with van der Waals surface area (Å²) in [7, 11) is 0. The third-order valence-electron chi connectivity index (χ3n) is 5.56. The molecule has 2 aromatic heterocycles. The Morgan fingerprint density at radius 3 is 2.62 bits per heavy atom. The summed E-state index contributed by atoms with van der Waals surface area (Å²) < 4.78 is 0. The Morgan fingerprint density at radius 2 is 1.75 bits per heavy atom. The van der Waals surface area contributed by atoms with Crippen LogP contribution in [0.5, 0.6) is 0 Å². The molecular formula is C26H25N5O. The topological polar surface area (TPSA) is 81.8 Å². The zero-order chi connectivity index (χ0) is 21.9. The van der Waals surface area contributed by atoms with E-state index in [0.717, 1.165) is 50.6 Å². The zero-order valence-electron chi connectivity index (χ0n) is 17.9. The standard InChI is InChI=1S/C26H25N5O/c1-17-12-13-22-20(16-17)24-23(19-10-5-6-11-21(19)30-24)25(31-22)27-14-7-15-28-26(32)29-18-8-3-2-4-9-18/h2-6,8-13,16,30H,7,14-15H2,1H3,(H,27,31)(H2,28,29,32). The predicted molar refractivity (Wildman–Crippen MR) is 132 cm³/mol. The SMILES string of the molecule is Cc1ccc2nc(NCCCNC(=O)Nc3ccccc3)c3c4ccccc4[nH]c3c2c1. The van der Waals surface area contributed by atoms with E-state index in [2.05, 4.69) is 64.3 Å². The van der Waals surface area contributed by atoms with Crippen molar-refractivity contribution in [2.75, 3.05) is 23.7 Å². The van der Waals surface area contributed by atoms with Gasteiger partial charge in [0.2, 0.25) is 0 Å². The molecule has 0 saturated heterocycles. The van der Waals surface area contributed by atoms with E-state index in [-0.39, 0.29) is 6.03 Å². The lowest BCUT2D eigenvalue weighted by atomic mass is 10.1. The number of urea groups is 1. The van der Waals surface area contributed by atoms with Gasteiger partial charge in [-0.25, -0.2) is 9.78 Å². The van der Waals surface area contributed by atoms with E-state index in [1.54, 1.807) is 0 Å². The highest BCUT2D eigenvalue weighted by molar-refractivity contribution is 6.20. The summed E-state index contributed by atoms with van der Waals surface area (Å²) in [5, 5.41) is 12.6. The molecule has 0 spiro atoms. The van der Waals surface area contributed by atoms with Crippen LogP contribution in [0.4, 0.5) is 16.3 Å². The molecule has 4 N–H and O–H groups in total. The largest absolute Gasteiger partial charge is 0.369 e. The second kappa shape index (κ2) is 8.59. The molecule has 0 aliphatic carbocycles. The molecular weight excluding hydrogens is 398 g/mol. The number of hydrogen-bond acceptors (Lipinski definition) is 3. The Balaban J connectivity index is 1.31. The van der Waals surface area contributed by atoms with Crippen molar-refractivity contribution >= 4 is 50.2 Å². The lowest BCUT2D eigenvalue weighted by Crippen LogP contribution is -2.30. The second-order valence-electron chi connectivity index (χ2n) is 7.93. The highest BCUT2D eigenvalue weighted by atomic mass is 16.2. The van der Waals surface area contributed by atoms with Crippen LogP contribution in [0.2, 0.25) is 0 Å². The van der Waals surface area contributed by atoms with Gasteiger partial charge in [-0.15, -0.1) is 0 Å². The molecule has 0 saturated carbocycles. The Bertz CT molecular complexity index is 1410. The quantitative estimate of drug-likeness (QED) is 0.261. The van der Waals surface area contributed by atoms with E-state index in [1.807, 2.05) is 36.4 Å². The molecule has 6 nitrogen and oxygen atoms in total. The normalized spacial score (nSPS) is 11.2. The molecule has 0 bridgehead atoms. The van der Waals surface area contributed by atoms with Gasteiger partial charge in [0.25, 0.3) is 0 Å². The number of anilines is 2. The van der Waals surface area contributed by atoms with E-state index in [0.29, 0.717) is 13.1 Å². The summed E-state index contributed by atoms with van der Waals surface area (Å²) in [5.74, 6) is 0.863. The average Bonchev–Trinajstić information content (AvgIpc) is 3.20. The van der Waals surface area contributed by atoms with Gasteiger partial charge < -0.3 is 20.9 Å². The molecule has 5 rings (SSSR count). The molecule has 0 aliphatic rings. The second-order valence-corrected chi connectivity index (χ2v) is 7.93. The third kappa shape index (κ3) is 3.95. The highest BCUT2D eigenvalue weighted by Gasteiger charge is 2.14. The summed E-state index contributed by atoms with van der Waals surface area (Å²) in [5.41, 5.74) is 5.14. The number of para-hydroxylation sites is 2. The molecule has 3 aromatic carbocycles. The van der Waals surface area contributed by atoms with Gasteiger partial charge >= 0.3 is 6.03 Å². The first-order chi connectivity index (χ1) is 15.7. The lowest BCUT2D eigenvalue weighted by Gasteiger charge is -2.11. The van der Waals surface area contributed by atoms with Crippen molar-refractivity contribution in [3.63, 3.8) is 0 Å². The van der Waals surface area contributed by atoms with Crippen LogP contribution < -0.4 is 16.0 Å². The molecule has 0 fully saturated rings. The van der Waals surface area contributed by atoms with Crippen molar-refractivity contribution in [1.82, 2.24) is 15.3 Å². The first-order valence-electron chi connectivity index (χ1n) is 10.8. The van der Waals surface area contributed by atoms with Gasteiger partial charge in [0.05, 0.1) is 16.4 Å². The van der Waals surface area contributed by atoms with Crippen molar-refractivity contribution in [2.45, 2.75) is 13.3 Å². The number of carbonyl (C=O) groups excluding carboxylic acids is 1. The van der Waals surface area contributed by atoms with E-state index < -0.39 is 0 Å². The number of pyridine rings is 1. The van der Waals surface area contributed by atoms with Crippen LogP contribution in [0.15, 0.2) is 72.8 Å². The fourth-order valence-electron chi connectivity index (χ4n) is 4.04. The molecule has 0 unspecified atom stereocenters. The molecule has 0 aliphatic heterocycles. The molecule has 0 radical (unpaired) electrons. The zero-order valence-corrected chi connectivity index (χ0v) is 17.9. The monoisotopic (exact) mass is 423 g/mol. The molecule has 2 amide bonds. The van der Waals surface area contributed by atoms with Gasteiger partial charge in [0.15, 0.2) is 0 Å². The predicted octanol–water partition coefficient (Wildman–Crippen LogP) is 5.80. The van der Waals surface area contributed by atoms with Crippen LogP contribution in [0.3, 0.4) is 0 Å². The van der Waals surface area contributed by atoms with Crippen molar-refractivity contribution in [3.05, 3.63) is 78.4 Å². The van der Waals surface area contributed by atoms with Gasteiger partial charge in [0.1, 0.15) is 5.82 Å². The van der Waals surface area contributed by atoms with E-state index in [9.17, 15) is 4.79 Å². The Labute approximate surface area is 186 Å². The van der Waals surface area contributed by atoms with Gasteiger partial charge in [-0.05, 0) is 43.7 Å². The smallest absolute Gasteiger partial charge is 0.319 e. The fourth-order valence-corrected chi connectivity index (χ4v) is 4.04. The number of nitrogens with one attached hydrogen (secondary N) is 4. The average molecular weight is 424 g/mol. The molecule has 0 atom stereocenters. The molecule has 32 heavy (non-hydrogen) atoms. The third-order valence-corrected chi connectivity index (χ3v) is 5.56. The number of carbonyl (C=O) groups is 1. The number of aromatic nitrogens is 2. The Kier molecular flexibility index (Phi) is 5.34. The van der Waals surface area contributed by atoms with Crippen molar-refractivity contribution in [1.29, 1.82) is 0 Å². The minimum Gasteiger partial charge on any atom is -0.369 e. The van der Waals surface area contributed by atoms with E-state index >= 15 is 0 Å². The van der Waals surface area contributed by atoms with Crippen molar-refractivity contribution < 1.29 is 4.79 Å². The molecule has 5 aromatic rings. The maximum absolute atomic E-state index is 12.0. The fraction of sp³-hybridized carbons (Fsp3) is 0.154. The number of benzene rings is 3. The maximum Gasteiger partial charge on any atom is 0.319 e. The van der Waals surface area contributed by atoms with Crippen LogP contribution in [0, 0.1) is 6.92 Å². The molecule has 6 heteroatoms. The number of nitrogens with zero attached hydrogens (tertiary/aromatic N) is 1. The van der Waals surface area contributed by atoms with Crippen LogP contribution in [0.25, 0.3) is 32.7 Å². The molecule has 2 heterocycles. The van der Waals surface area contributed by atoms with Crippen molar-refractivity contribution in [3.8, 4) is 0 Å². The van der Waals surface area contributed by atoms with Gasteiger partial charge in [-0.3, -0.25) is 0 Å². The molecule has 160 valence electrons. The first kappa shape index (κ1) is 19.9. The number of fused-ring (bicyclic) bond motifs is 5. The summed E-state index contributed by atoms with van der Waals surface area (Å²) in [6.45, 7) is 3.36. The number of amides is 2. The van der Waals surface area contributed by atoms with Crippen LogP contribution in [-0.2, 0) is 0 Å². The van der Waals surface area contributed by atoms with Crippen LogP contribution in [-0.4, -0.2) is 29.1 Å². The minimum atomic E-state index is -0.200. The number of H-pyrrole nitrogens is 1. The van der Waals surface area contributed by atoms with Crippen molar-refractivity contribution in [2.24, 2.45) is 0 Å². The van der Waals surface area contributed by atoms with Gasteiger partial charge in [-0.2, -0.15) is 0 Å². The highest BCUT2D eigenvalue weighted by Crippen LogP contribution is 2.35. The number of aryl methyl sites for hydroxylation is 1. The first-order valence-corrected chi connectivity index (χ1v) is 10.8. The van der Waals surface area contributed by atoms with Gasteiger partial charge in [0, 0.05) is 35.1 Å². The Morgan fingerprint density at radius 1 is 0.938 bits per heavy atom. The maximum atomic E-state index is 12.0. The lowest BCUT2D eigenvalue weighted by molar-refractivity contribution is 0.252. The van der Waals surface area contributed by atoms with Crippen LogP contribution >= 0.6 is 0 Å². The number of aromatic amines is 1. The Hall–Kier alpha value is -4.06. The van der Waals surface area contributed by atoms with Gasteiger partial charge in [-0.1, -0.05) is 48.0 Å². The van der Waals surface area contributed by atoms with Crippen LogP contribution in [0.1, 0.15) is 12.0 Å². The minimum absolute atomic E-state index is 0.200. The summed E-state index contributed by atoms with van der Waals surface area (Å²) in [6, 6.07) is 23.9. The van der Waals surface area contributed by atoms with E-state index in [4.69, 9.17) is 4.98 Å². The summed E-state index contributed by atoms with van der Waals surface area (Å²) >= 11 is 0. The number of rotatable bonds is 6.